The third kappa shape index (κ3) is 3.99. The van der Waals surface area contributed by atoms with Gasteiger partial charge in [0, 0.05) is 17.3 Å². The van der Waals surface area contributed by atoms with Crippen molar-refractivity contribution in [2.45, 2.75) is 56.4 Å². The van der Waals surface area contributed by atoms with E-state index in [0.29, 0.717) is 35.9 Å². The fourth-order valence-electron chi connectivity index (χ4n) is 3.83. The predicted octanol–water partition coefficient (Wildman–Crippen LogP) is 3.52. The fourth-order valence-corrected chi connectivity index (χ4v) is 5.10. The topological polar surface area (TPSA) is 98.2 Å². The van der Waals surface area contributed by atoms with E-state index in [0.717, 1.165) is 11.3 Å². The molecule has 1 aliphatic rings. The number of aryl methyl sites for hydroxylation is 1. The van der Waals surface area contributed by atoms with Crippen LogP contribution in [0, 0.1) is 0 Å². The summed E-state index contributed by atoms with van der Waals surface area (Å²) >= 11 is 0. The summed E-state index contributed by atoms with van der Waals surface area (Å²) < 4.78 is 34.3. The number of rotatable bonds is 7. The van der Waals surface area contributed by atoms with Gasteiger partial charge in [-0.15, -0.1) is 0 Å². The number of fused-ring (bicyclic) bond motifs is 1. The highest BCUT2D eigenvalue weighted by Gasteiger charge is 2.54. The molecule has 0 aliphatic heterocycles. The summed E-state index contributed by atoms with van der Waals surface area (Å²) in [5.41, 5.74) is 1.15. The van der Waals surface area contributed by atoms with E-state index in [9.17, 15) is 13.2 Å². The van der Waals surface area contributed by atoms with Crippen molar-refractivity contribution in [2.75, 3.05) is 0 Å². The number of pyridine rings is 2. The van der Waals surface area contributed by atoms with Crippen molar-refractivity contribution in [3.05, 3.63) is 60.0 Å². The first-order valence-electron chi connectivity index (χ1n) is 10.3. The number of nitrogens with one attached hydrogen (secondary N) is 1. The van der Waals surface area contributed by atoms with Gasteiger partial charge < -0.3 is 4.74 Å². The van der Waals surface area contributed by atoms with Gasteiger partial charge in [-0.2, -0.15) is 0 Å². The molecular weight excluding hydrogens is 414 g/mol. The Hall–Kier alpha value is -3.00. The van der Waals surface area contributed by atoms with Crippen molar-refractivity contribution in [3.63, 3.8) is 0 Å². The van der Waals surface area contributed by atoms with Crippen LogP contribution in [0.2, 0.25) is 0 Å². The number of aromatic nitrogens is 2. The zero-order valence-corrected chi connectivity index (χ0v) is 18.6. The van der Waals surface area contributed by atoms with Crippen LogP contribution in [0.3, 0.4) is 0 Å². The first-order chi connectivity index (χ1) is 14.8. The van der Waals surface area contributed by atoms with Gasteiger partial charge in [0.05, 0.1) is 28.1 Å². The molecule has 1 saturated carbocycles. The molecule has 2 aromatic heterocycles. The molecule has 1 amide bonds. The molecule has 1 N–H and O–H groups in total. The van der Waals surface area contributed by atoms with E-state index in [1.54, 1.807) is 36.7 Å². The van der Waals surface area contributed by atoms with Gasteiger partial charge in [0.1, 0.15) is 5.75 Å². The van der Waals surface area contributed by atoms with Gasteiger partial charge in [-0.1, -0.05) is 13.0 Å². The Morgan fingerprint density at radius 2 is 1.97 bits per heavy atom. The number of amides is 1. The standard InChI is InChI=1S/C23H25N3O4S/c1-4-19-18(13-16(14-25-19)30-15(2)3)23(10-11-23)22(27)26-31(28,29)21-9-5-8-20-17(21)7-6-12-24-20/h5-9,12-15H,4,10-11H2,1-3H3,(H,26,27). The molecule has 0 spiro atoms. The second kappa shape index (κ2) is 7.92. The SMILES string of the molecule is CCc1ncc(OC(C)C)cc1C1(C(=O)NS(=O)(=O)c2cccc3ncccc23)CC1. The summed E-state index contributed by atoms with van der Waals surface area (Å²) in [5.74, 6) is 0.0378. The second-order valence-corrected chi connectivity index (χ2v) is 9.68. The van der Waals surface area contributed by atoms with Crippen molar-refractivity contribution in [2.24, 2.45) is 0 Å². The molecule has 1 fully saturated rings. The van der Waals surface area contributed by atoms with E-state index in [1.165, 1.54) is 6.07 Å². The van der Waals surface area contributed by atoms with Gasteiger partial charge in [-0.3, -0.25) is 14.8 Å². The maximum atomic E-state index is 13.3. The van der Waals surface area contributed by atoms with Gasteiger partial charge >= 0.3 is 0 Å². The predicted molar refractivity (Wildman–Crippen MR) is 117 cm³/mol. The minimum absolute atomic E-state index is 0.0352. The highest BCUT2D eigenvalue weighted by molar-refractivity contribution is 7.90. The third-order valence-electron chi connectivity index (χ3n) is 5.47. The Morgan fingerprint density at radius 1 is 1.19 bits per heavy atom. The minimum atomic E-state index is -4.08. The van der Waals surface area contributed by atoms with E-state index in [4.69, 9.17) is 4.74 Å². The lowest BCUT2D eigenvalue weighted by Gasteiger charge is -2.20. The van der Waals surface area contributed by atoms with Crippen molar-refractivity contribution >= 4 is 26.8 Å². The molecule has 4 rings (SSSR count). The number of hydrogen-bond donors (Lipinski definition) is 1. The Balaban J connectivity index is 1.68. The quantitative estimate of drug-likeness (QED) is 0.605. The van der Waals surface area contributed by atoms with Crippen LogP contribution in [0.4, 0.5) is 0 Å². The molecule has 3 aromatic rings. The average molecular weight is 440 g/mol. The van der Waals surface area contributed by atoms with E-state index in [1.807, 2.05) is 26.8 Å². The molecule has 0 bridgehead atoms. The summed E-state index contributed by atoms with van der Waals surface area (Å²) in [6, 6.07) is 10.0. The van der Waals surface area contributed by atoms with Crippen molar-refractivity contribution in [1.82, 2.24) is 14.7 Å². The normalized spacial score (nSPS) is 15.1. The maximum Gasteiger partial charge on any atom is 0.264 e. The maximum absolute atomic E-state index is 13.3. The lowest BCUT2D eigenvalue weighted by molar-refractivity contribution is -0.121. The molecular formula is C23H25N3O4S. The second-order valence-electron chi connectivity index (χ2n) is 8.03. The zero-order valence-electron chi connectivity index (χ0n) is 17.8. The summed E-state index contributed by atoms with van der Waals surface area (Å²) in [7, 11) is -4.08. The van der Waals surface area contributed by atoms with E-state index >= 15 is 0 Å². The Kier molecular flexibility index (Phi) is 5.43. The monoisotopic (exact) mass is 439 g/mol. The van der Waals surface area contributed by atoms with E-state index < -0.39 is 21.3 Å². The van der Waals surface area contributed by atoms with Gasteiger partial charge in [0.25, 0.3) is 10.0 Å². The Labute approximate surface area is 181 Å². The molecule has 0 atom stereocenters. The van der Waals surface area contributed by atoms with E-state index in [-0.39, 0.29) is 11.0 Å². The summed E-state index contributed by atoms with van der Waals surface area (Å²) in [5, 5.41) is 0.471. The molecule has 162 valence electrons. The van der Waals surface area contributed by atoms with Crippen LogP contribution in [0.5, 0.6) is 5.75 Å². The molecule has 0 unspecified atom stereocenters. The van der Waals surface area contributed by atoms with Crippen LogP contribution in [0.25, 0.3) is 10.9 Å². The first-order valence-corrected chi connectivity index (χ1v) is 11.8. The van der Waals surface area contributed by atoms with Crippen LogP contribution < -0.4 is 9.46 Å². The lowest BCUT2D eigenvalue weighted by atomic mass is 9.92. The van der Waals surface area contributed by atoms with Crippen molar-refractivity contribution < 1.29 is 17.9 Å². The fraction of sp³-hybridized carbons (Fsp3) is 0.348. The van der Waals surface area contributed by atoms with Crippen LogP contribution in [-0.4, -0.2) is 30.4 Å². The zero-order chi connectivity index (χ0) is 22.2. The van der Waals surface area contributed by atoms with Crippen LogP contribution in [-0.2, 0) is 26.7 Å². The van der Waals surface area contributed by atoms with Crippen molar-refractivity contribution in [3.8, 4) is 5.75 Å². The summed E-state index contributed by atoms with van der Waals surface area (Å²) in [4.78, 5) is 22.0. The Morgan fingerprint density at radius 3 is 2.65 bits per heavy atom. The highest BCUT2D eigenvalue weighted by atomic mass is 32.2. The van der Waals surface area contributed by atoms with Gasteiger partial charge in [-0.25, -0.2) is 13.1 Å². The largest absolute Gasteiger partial charge is 0.489 e. The smallest absolute Gasteiger partial charge is 0.264 e. The minimum Gasteiger partial charge on any atom is -0.489 e. The molecule has 1 aliphatic carbocycles. The number of ether oxygens (including phenoxy) is 1. The molecule has 2 heterocycles. The number of benzene rings is 1. The number of carbonyl (C=O) groups is 1. The van der Waals surface area contributed by atoms with Crippen LogP contribution >= 0.6 is 0 Å². The van der Waals surface area contributed by atoms with Gasteiger partial charge in [0.15, 0.2) is 0 Å². The van der Waals surface area contributed by atoms with Gasteiger partial charge in [0.2, 0.25) is 5.91 Å². The molecule has 0 saturated heterocycles. The number of carbonyl (C=O) groups excluding carboxylic acids is 1. The van der Waals surface area contributed by atoms with Crippen LogP contribution in [0.15, 0.2) is 53.7 Å². The highest BCUT2D eigenvalue weighted by Crippen LogP contribution is 2.50. The Bertz CT molecular complexity index is 1250. The number of sulfonamides is 1. The van der Waals surface area contributed by atoms with E-state index in [2.05, 4.69) is 14.7 Å². The average Bonchev–Trinajstić information content (AvgIpc) is 3.54. The lowest BCUT2D eigenvalue weighted by Crippen LogP contribution is -2.39. The first kappa shape index (κ1) is 21.2. The third-order valence-corrected chi connectivity index (χ3v) is 6.86. The molecule has 1 aromatic carbocycles. The number of hydrogen-bond acceptors (Lipinski definition) is 6. The molecule has 0 radical (unpaired) electrons. The van der Waals surface area contributed by atoms with Gasteiger partial charge in [-0.05, 0) is 69.0 Å². The number of nitrogens with zero attached hydrogens (tertiary/aromatic N) is 2. The van der Waals surface area contributed by atoms with Crippen LogP contribution in [0.1, 0.15) is 44.9 Å². The van der Waals surface area contributed by atoms with Crippen molar-refractivity contribution in [1.29, 1.82) is 0 Å². The summed E-state index contributed by atoms with van der Waals surface area (Å²) in [6.07, 6.45) is 4.97. The molecule has 8 heteroatoms. The summed E-state index contributed by atoms with van der Waals surface area (Å²) in [6.45, 7) is 5.79. The molecule has 7 nitrogen and oxygen atoms in total. The molecule has 31 heavy (non-hydrogen) atoms.